The Kier molecular flexibility index (Phi) is 5.73. The predicted octanol–water partition coefficient (Wildman–Crippen LogP) is 3.33. The van der Waals surface area contributed by atoms with Crippen LogP contribution in [0.1, 0.15) is 21.6 Å². The number of aromatic amines is 1. The van der Waals surface area contributed by atoms with Crippen LogP contribution in [-0.4, -0.2) is 29.9 Å². The van der Waals surface area contributed by atoms with Crippen molar-refractivity contribution < 1.29 is 9.59 Å². The number of benzene rings is 2. The van der Waals surface area contributed by atoms with Gasteiger partial charge in [0.15, 0.2) is 0 Å². The maximum absolute atomic E-state index is 12.3. The molecule has 26 heavy (non-hydrogen) atoms. The number of nitrogens with one attached hydrogen (secondary N) is 3. The molecule has 0 saturated carbocycles. The van der Waals surface area contributed by atoms with Crippen LogP contribution < -0.4 is 10.6 Å². The second-order valence-corrected chi connectivity index (χ2v) is 6.98. The lowest BCUT2D eigenvalue weighted by Gasteiger charge is -2.07. The number of halogens is 1. The number of hydrogen-bond acceptors (Lipinski definition) is 2. The van der Waals surface area contributed by atoms with Crippen LogP contribution in [0.25, 0.3) is 10.9 Å². The smallest absolute Gasteiger partial charge is 0.251 e. The molecule has 3 N–H and O–H groups in total. The highest BCUT2D eigenvalue weighted by molar-refractivity contribution is 9.10. The van der Waals surface area contributed by atoms with Crippen LogP contribution in [0.2, 0.25) is 0 Å². The Morgan fingerprint density at radius 2 is 1.77 bits per heavy atom. The minimum atomic E-state index is -0.142. The molecule has 1 aromatic heterocycles. The number of carbonyl (C=O) groups is 2. The minimum absolute atomic E-state index is 0.0667. The van der Waals surface area contributed by atoms with E-state index in [-0.39, 0.29) is 11.8 Å². The van der Waals surface area contributed by atoms with Crippen molar-refractivity contribution in [1.29, 1.82) is 0 Å². The maximum atomic E-state index is 12.3. The molecule has 0 aliphatic heterocycles. The van der Waals surface area contributed by atoms with Crippen molar-refractivity contribution in [3.8, 4) is 0 Å². The molecular weight excluding hydrogens is 394 g/mol. The van der Waals surface area contributed by atoms with E-state index in [0.717, 1.165) is 26.6 Å². The number of hydrogen-bond donors (Lipinski definition) is 3. The van der Waals surface area contributed by atoms with Gasteiger partial charge in [0.1, 0.15) is 0 Å². The number of fused-ring (bicyclic) bond motifs is 1. The monoisotopic (exact) mass is 413 g/mol. The highest BCUT2D eigenvalue weighted by atomic mass is 79.9. The standard InChI is InChI=1S/C20H20BrN3O2/c1-13-16(17-11-15(21)7-8-18(17)24-13)12-19(25)22-9-10-23-20(26)14-5-3-2-4-6-14/h2-8,11,24H,9-10,12H2,1H3,(H,22,25)(H,23,26). The van der Waals surface area contributed by atoms with Crippen molar-refractivity contribution in [2.45, 2.75) is 13.3 Å². The summed E-state index contributed by atoms with van der Waals surface area (Å²) >= 11 is 3.47. The predicted molar refractivity (Wildman–Crippen MR) is 106 cm³/mol. The van der Waals surface area contributed by atoms with Crippen molar-refractivity contribution in [3.05, 3.63) is 69.8 Å². The molecule has 3 aromatic rings. The Labute approximate surface area is 160 Å². The third kappa shape index (κ3) is 4.32. The SMILES string of the molecule is Cc1[nH]c2ccc(Br)cc2c1CC(=O)NCCNC(=O)c1ccccc1. The fraction of sp³-hybridized carbons (Fsp3) is 0.200. The first-order valence-corrected chi connectivity index (χ1v) is 9.20. The van der Waals surface area contributed by atoms with Gasteiger partial charge >= 0.3 is 0 Å². The summed E-state index contributed by atoms with van der Waals surface area (Å²) < 4.78 is 0.981. The fourth-order valence-electron chi connectivity index (χ4n) is 2.88. The van der Waals surface area contributed by atoms with Gasteiger partial charge in [0, 0.05) is 39.7 Å². The lowest BCUT2D eigenvalue weighted by atomic mass is 10.1. The van der Waals surface area contributed by atoms with Crippen LogP contribution in [0.4, 0.5) is 0 Å². The van der Waals surface area contributed by atoms with Gasteiger partial charge in [-0.2, -0.15) is 0 Å². The lowest BCUT2D eigenvalue weighted by molar-refractivity contribution is -0.120. The lowest BCUT2D eigenvalue weighted by Crippen LogP contribution is -2.35. The molecule has 0 fully saturated rings. The van der Waals surface area contributed by atoms with E-state index in [4.69, 9.17) is 0 Å². The van der Waals surface area contributed by atoms with Crippen LogP contribution in [0, 0.1) is 6.92 Å². The van der Waals surface area contributed by atoms with Gasteiger partial charge in [-0.15, -0.1) is 0 Å². The maximum Gasteiger partial charge on any atom is 0.251 e. The Hall–Kier alpha value is -2.60. The first-order chi connectivity index (χ1) is 12.5. The van der Waals surface area contributed by atoms with Gasteiger partial charge in [-0.25, -0.2) is 0 Å². The quantitative estimate of drug-likeness (QED) is 0.542. The zero-order valence-electron chi connectivity index (χ0n) is 14.4. The second-order valence-electron chi connectivity index (χ2n) is 6.07. The van der Waals surface area contributed by atoms with E-state index in [1.54, 1.807) is 12.1 Å². The zero-order valence-corrected chi connectivity index (χ0v) is 16.0. The van der Waals surface area contributed by atoms with Gasteiger partial charge in [0.25, 0.3) is 5.91 Å². The molecule has 2 aromatic carbocycles. The van der Waals surface area contributed by atoms with Gasteiger partial charge in [-0.05, 0) is 42.8 Å². The molecule has 0 spiro atoms. The Morgan fingerprint density at radius 1 is 1.04 bits per heavy atom. The molecule has 0 unspecified atom stereocenters. The third-order valence-corrected chi connectivity index (χ3v) is 4.68. The van der Waals surface area contributed by atoms with Gasteiger partial charge < -0.3 is 15.6 Å². The van der Waals surface area contributed by atoms with Crippen LogP contribution in [-0.2, 0) is 11.2 Å². The summed E-state index contributed by atoms with van der Waals surface area (Å²) in [4.78, 5) is 27.5. The number of amides is 2. The Morgan fingerprint density at radius 3 is 2.54 bits per heavy atom. The molecular formula is C20H20BrN3O2. The molecule has 0 saturated heterocycles. The minimum Gasteiger partial charge on any atom is -0.358 e. The van der Waals surface area contributed by atoms with E-state index in [1.165, 1.54) is 0 Å². The molecule has 6 heteroatoms. The van der Waals surface area contributed by atoms with Crippen LogP contribution in [0.3, 0.4) is 0 Å². The zero-order chi connectivity index (χ0) is 18.5. The number of rotatable bonds is 6. The van der Waals surface area contributed by atoms with Crippen molar-refractivity contribution in [2.24, 2.45) is 0 Å². The van der Waals surface area contributed by atoms with Crippen LogP contribution in [0.15, 0.2) is 53.0 Å². The third-order valence-electron chi connectivity index (χ3n) is 4.19. The number of carbonyl (C=O) groups excluding carboxylic acids is 2. The summed E-state index contributed by atoms with van der Waals surface area (Å²) in [6.07, 6.45) is 0.301. The summed E-state index contributed by atoms with van der Waals surface area (Å²) in [5, 5.41) is 6.70. The average molecular weight is 414 g/mol. The van der Waals surface area contributed by atoms with Crippen molar-refractivity contribution in [1.82, 2.24) is 15.6 Å². The molecule has 0 radical (unpaired) electrons. The summed E-state index contributed by atoms with van der Waals surface area (Å²) in [6, 6.07) is 15.0. The van der Waals surface area contributed by atoms with E-state index >= 15 is 0 Å². The molecule has 0 aliphatic rings. The van der Waals surface area contributed by atoms with Crippen molar-refractivity contribution in [3.63, 3.8) is 0 Å². The number of H-pyrrole nitrogens is 1. The van der Waals surface area contributed by atoms with E-state index < -0.39 is 0 Å². The summed E-state index contributed by atoms with van der Waals surface area (Å²) in [7, 11) is 0. The normalized spacial score (nSPS) is 10.7. The van der Waals surface area contributed by atoms with Crippen molar-refractivity contribution >= 4 is 38.6 Å². The molecule has 1 heterocycles. The molecule has 3 rings (SSSR count). The van der Waals surface area contributed by atoms with Gasteiger partial charge in [-0.1, -0.05) is 34.1 Å². The van der Waals surface area contributed by atoms with E-state index in [9.17, 15) is 9.59 Å². The number of aromatic nitrogens is 1. The van der Waals surface area contributed by atoms with E-state index in [2.05, 4.69) is 31.5 Å². The Balaban J connectivity index is 1.51. The summed E-state index contributed by atoms with van der Waals surface area (Å²) in [6.45, 7) is 2.75. The van der Waals surface area contributed by atoms with Gasteiger partial charge in [0.2, 0.25) is 5.91 Å². The second kappa shape index (κ2) is 8.19. The largest absolute Gasteiger partial charge is 0.358 e. The molecule has 0 aliphatic carbocycles. The molecule has 0 bridgehead atoms. The highest BCUT2D eigenvalue weighted by Crippen LogP contribution is 2.25. The van der Waals surface area contributed by atoms with Crippen molar-refractivity contribution in [2.75, 3.05) is 13.1 Å². The van der Waals surface area contributed by atoms with E-state index in [1.807, 2.05) is 43.3 Å². The first-order valence-electron chi connectivity index (χ1n) is 8.41. The van der Waals surface area contributed by atoms with Crippen LogP contribution in [0.5, 0.6) is 0 Å². The summed E-state index contributed by atoms with van der Waals surface area (Å²) in [5.74, 6) is -0.208. The number of aryl methyl sites for hydroxylation is 1. The highest BCUT2D eigenvalue weighted by Gasteiger charge is 2.12. The van der Waals surface area contributed by atoms with Gasteiger partial charge in [-0.3, -0.25) is 9.59 Å². The fourth-order valence-corrected chi connectivity index (χ4v) is 3.24. The van der Waals surface area contributed by atoms with Gasteiger partial charge in [0.05, 0.1) is 6.42 Å². The summed E-state index contributed by atoms with van der Waals surface area (Å²) in [5.41, 5.74) is 3.61. The Bertz CT molecular complexity index is 935. The topological polar surface area (TPSA) is 74.0 Å². The van der Waals surface area contributed by atoms with Crippen LogP contribution >= 0.6 is 15.9 Å². The molecule has 2 amide bonds. The van der Waals surface area contributed by atoms with E-state index in [0.29, 0.717) is 25.1 Å². The molecule has 0 atom stereocenters. The first kappa shape index (κ1) is 18.2. The molecule has 5 nitrogen and oxygen atoms in total. The molecule has 134 valence electrons. The average Bonchev–Trinajstić information content (AvgIpc) is 2.94.